The molecule has 0 amide bonds. The van der Waals surface area contributed by atoms with E-state index in [2.05, 4.69) is 0 Å². The molecule has 3 aromatic carbocycles. The smallest absolute Gasteiger partial charge is 0.596 e. The molecule has 4 heteroatoms. The van der Waals surface area contributed by atoms with E-state index < -0.39 is 7.12 Å². The zero-order valence-electron chi connectivity index (χ0n) is 10.9. The van der Waals surface area contributed by atoms with Crippen LogP contribution in [0.15, 0.2) is 84.9 Å². The van der Waals surface area contributed by atoms with E-state index in [1.54, 1.807) is 0 Å². The van der Waals surface area contributed by atoms with Gasteiger partial charge < -0.3 is 9.68 Å². The van der Waals surface area contributed by atoms with Gasteiger partial charge in [0, 0.05) is 0 Å². The molecule has 0 radical (unpaired) electrons. The zero-order valence-corrected chi connectivity index (χ0v) is 12.0. The Hall–Kier alpha value is -1.74. The summed E-state index contributed by atoms with van der Waals surface area (Å²) in [6.07, 6.45) is 0. The quantitative estimate of drug-likeness (QED) is 0.595. The monoisotopic (exact) mass is 306 g/mol. The maximum atomic E-state index is 9.67. The van der Waals surface area contributed by atoms with Gasteiger partial charge in [-0.2, -0.15) is 18.2 Å². The van der Waals surface area contributed by atoms with E-state index >= 15 is 0 Å². The molecule has 20 heavy (non-hydrogen) atoms. The van der Waals surface area contributed by atoms with Crippen LogP contribution in [-0.4, -0.2) is 12.1 Å². The molecule has 0 aromatic heterocycles. The maximum absolute atomic E-state index is 9.67. The molecule has 0 heterocycles. The predicted molar refractivity (Wildman–Crippen MR) is 78.7 cm³/mol. The topological polar surface area (TPSA) is 29.5 Å². The molecule has 0 fully saturated rings. The van der Waals surface area contributed by atoms with Gasteiger partial charge in [-0.05, 0) is 11.2 Å². The van der Waals surface area contributed by atoms with Gasteiger partial charge in [0.15, 0.2) is 0 Å². The third kappa shape index (κ3) is 5.49. The SMILES string of the molecule is OB(O[c-]1cccc1)c1ccccc1.[Fe+2].c1cc[cH-]c1. The van der Waals surface area contributed by atoms with Crippen LogP contribution in [0.4, 0.5) is 0 Å². The van der Waals surface area contributed by atoms with Crippen molar-refractivity contribution in [2.45, 2.75) is 0 Å². The van der Waals surface area contributed by atoms with Crippen molar-refractivity contribution >= 4 is 12.6 Å². The van der Waals surface area contributed by atoms with Gasteiger partial charge in [-0.25, -0.2) is 24.3 Å². The first kappa shape index (κ1) is 16.3. The number of rotatable bonds is 3. The Labute approximate surface area is 130 Å². The van der Waals surface area contributed by atoms with Crippen molar-refractivity contribution < 1.29 is 26.7 Å². The Morgan fingerprint density at radius 2 is 1.50 bits per heavy atom. The van der Waals surface area contributed by atoms with E-state index in [1.165, 1.54) is 0 Å². The summed E-state index contributed by atoms with van der Waals surface area (Å²) in [6.45, 7) is 0. The summed E-state index contributed by atoms with van der Waals surface area (Å²) in [6, 6.07) is 26.7. The average Bonchev–Trinajstić information content (AvgIpc) is 3.15. The Morgan fingerprint density at radius 3 is 2.00 bits per heavy atom. The Bertz CT molecular complexity index is 518. The summed E-state index contributed by atoms with van der Waals surface area (Å²) in [7, 11) is -0.890. The zero-order chi connectivity index (χ0) is 13.3. The van der Waals surface area contributed by atoms with Crippen molar-refractivity contribution in [2.75, 3.05) is 0 Å². The second-order valence-electron chi connectivity index (χ2n) is 3.96. The van der Waals surface area contributed by atoms with Crippen LogP contribution in [-0.2, 0) is 17.1 Å². The predicted octanol–water partition coefficient (Wildman–Crippen LogP) is 2.58. The van der Waals surface area contributed by atoms with Crippen LogP contribution in [0.25, 0.3) is 0 Å². The molecule has 0 unspecified atom stereocenters. The largest absolute Gasteiger partial charge is 2.00 e. The first-order chi connectivity index (χ1) is 9.36. The van der Waals surface area contributed by atoms with Crippen molar-refractivity contribution in [3.05, 3.63) is 84.9 Å². The fourth-order valence-electron chi connectivity index (χ4n) is 1.57. The normalized spacial score (nSPS) is 8.85. The van der Waals surface area contributed by atoms with Crippen LogP contribution in [0.5, 0.6) is 5.75 Å². The fraction of sp³-hybridized carbons (Fsp3) is 0. The molecule has 3 aromatic rings. The molecule has 0 spiro atoms. The molecular formula is C16H15BFeO2. The van der Waals surface area contributed by atoms with Crippen molar-refractivity contribution in [1.82, 2.24) is 0 Å². The number of benzene rings is 1. The molecule has 0 aliphatic rings. The van der Waals surface area contributed by atoms with Crippen LogP contribution in [0.3, 0.4) is 0 Å². The molecule has 102 valence electrons. The third-order valence-corrected chi connectivity index (χ3v) is 2.52. The van der Waals surface area contributed by atoms with Crippen LogP contribution >= 0.6 is 0 Å². The van der Waals surface area contributed by atoms with Gasteiger partial charge in [-0.3, -0.25) is 0 Å². The molecule has 0 bridgehead atoms. The molecule has 0 saturated carbocycles. The van der Waals surface area contributed by atoms with E-state index in [0.29, 0.717) is 5.75 Å². The summed E-state index contributed by atoms with van der Waals surface area (Å²) >= 11 is 0. The average molecular weight is 306 g/mol. The summed E-state index contributed by atoms with van der Waals surface area (Å²) < 4.78 is 5.30. The number of hydrogen-bond acceptors (Lipinski definition) is 2. The molecule has 0 aliphatic heterocycles. The van der Waals surface area contributed by atoms with E-state index in [1.807, 2.05) is 84.9 Å². The molecule has 1 N–H and O–H groups in total. The molecule has 0 atom stereocenters. The van der Waals surface area contributed by atoms with Crippen LogP contribution in [0.2, 0.25) is 0 Å². The van der Waals surface area contributed by atoms with E-state index in [9.17, 15) is 5.02 Å². The Morgan fingerprint density at radius 1 is 0.900 bits per heavy atom. The first-order valence-corrected chi connectivity index (χ1v) is 6.14. The first-order valence-electron chi connectivity index (χ1n) is 6.14. The standard InChI is InChI=1S/C11H10BO2.C5H5.Fe/c13-12(10-6-2-1-3-7-10)14-11-8-4-5-9-11;1-2-4-5-3-1;/h1-9,13H;1-5H;/q2*-1;+2. The van der Waals surface area contributed by atoms with Gasteiger partial charge in [0.25, 0.3) is 0 Å². The minimum absolute atomic E-state index is 0. The minimum Gasteiger partial charge on any atom is -0.596 e. The molecule has 2 nitrogen and oxygen atoms in total. The number of hydrogen-bond donors (Lipinski definition) is 1. The third-order valence-electron chi connectivity index (χ3n) is 2.52. The van der Waals surface area contributed by atoms with Gasteiger partial charge in [0.1, 0.15) is 0 Å². The van der Waals surface area contributed by atoms with Gasteiger partial charge in [0.2, 0.25) is 0 Å². The minimum atomic E-state index is -0.890. The second kappa shape index (κ2) is 9.21. The summed E-state index contributed by atoms with van der Waals surface area (Å²) in [5.74, 6) is 0.682. The van der Waals surface area contributed by atoms with Crippen molar-refractivity contribution in [2.24, 2.45) is 0 Å². The van der Waals surface area contributed by atoms with Crippen molar-refractivity contribution in [1.29, 1.82) is 0 Å². The Balaban J connectivity index is 0.000000283. The van der Waals surface area contributed by atoms with E-state index in [-0.39, 0.29) is 17.1 Å². The van der Waals surface area contributed by atoms with Gasteiger partial charge in [0.05, 0.1) is 0 Å². The van der Waals surface area contributed by atoms with E-state index in [0.717, 1.165) is 5.46 Å². The van der Waals surface area contributed by atoms with Gasteiger partial charge in [-0.1, -0.05) is 30.3 Å². The van der Waals surface area contributed by atoms with Crippen LogP contribution < -0.4 is 10.1 Å². The molecular weight excluding hydrogens is 291 g/mol. The fourth-order valence-corrected chi connectivity index (χ4v) is 1.57. The summed E-state index contributed by atoms with van der Waals surface area (Å²) in [4.78, 5) is 0. The van der Waals surface area contributed by atoms with Crippen LogP contribution in [0.1, 0.15) is 0 Å². The van der Waals surface area contributed by atoms with Crippen LogP contribution in [0, 0.1) is 0 Å². The molecule has 3 rings (SSSR count). The second-order valence-corrected chi connectivity index (χ2v) is 3.96. The van der Waals surface area contributed by atoms with Gasteiger partial charge >= 0.3 is 24.2 Å². The van der Waals surface area contributed by atoms with E-state index in [4.69, 9.17) is 4.65 Å². The van der Waals surface area contributed by atoms with Crippen molar-refractivity contribution in [3.63, 3.8) is 0 Å². The summed E-state index contributed by atoms with van der Waals surface area (Å²) in [5.41, 5.74) is 0.758. The van der Waals surface area contributed by atoms with Crippen molar-refractivity contribution in [3.8, 4) is 5.75 Å². The maximum Gasteiger partial charge on any atom is 2.00 e. The summed E-state index contributed by atoms with van der Waals surface area (Å²) in [5, 5.41) is 9.67. The Kier molecular flexibility index (Phi) is 7.52. The molecule has 0 aliphatic carbocycles. The molecule has 0 saturated heterocycles. The van der Waals surface area contributed by atoms with Gasteiger partial charge in [-0.15, -0.1) is 12.1 Å².